The van der Waals surface area contributed by atoms with Crippen molar-refractivity contribution in [3.05, 3.63) is 23.8 Å². The summed E-state index contributed by atoms with van der Waals surface area (Å²) in [6, 6.07) is 1.07. The van der Waals surface area contributed by atoms with Crippen molar-refractivity contribution in [2.45, 2.75) is 26.2 Å². The fourth-order valence-electron chi connectivity index (χ4n) is 1.04. The number of hydrogen-bond acceptors (Lipinski definition) is 2. The Balaban J connectivity index is 2.79. The standard InChI is InChI=1S/C10H12F3NO/c1-3-8-9(4-7(11)5-14-8)15-6-10(2,12)13/h4-5H,3,6H2,1-2H3. The van der Waals surface area contributed by atoms with Gasteiger partial charge in [-0.3, -0.25) is 4.98 Å². The van der Waals surface area contributed by atoms with Gasteiger partial charge in [-0.25, -0.2) is 13.2 Å². The van der Waals surface area contributed by atoms with E-state index in [1.165, 1.54) is 0 Å². The summed E-state index contributed by atoms with van der Waals surface area (Å²) in [7, 11) is 0. The van der Waals surface area contributed by atoms with Crippen LogP contribution in [-0.4, -0.2) is 17.5 Å². The number of hydrogen-bond donors (Lipinski definition) is 0. The summed E-state index contributed by atoms with van der Waals surface area (Å²) < 4.78 is 42.6. The average Bonchev–Trinajstić information content (AvgIpc) is 2.14. The molecule has 0 unspecified atom stereocenters. The lowest BCUT2D eigenvalue weighted by Gasteiger charge is -2.13. The molecule has 0 saturated carbocycles. The monoisotopic (exact) mass is 219 g/mol. The number of rotatable bonds is 4. The molecule has 5 heteroatoms. The minimum atomic E-state index is -2.93. The maximum Gasteiger partial charge on any atom is 0.278 e. The molecule has 0 aromatic carbocycles. The molecule has 84 valence electrons. The van der Waals surface area contributed by atoms with Crippen LogP contribution in [0.5, 0.6) is 5.75 Å². The van der Waals surface area contributed by atoms with Gasteiger partial charge in [0.25, 0.3) is 5.92 Å². The first-order chi connectivity index (χ1) is 6.92. The van der Waals surface area contributed by atoms with E-state index in [0.29, 0.717) is 12.1 Å². The Bertz CT molecular complexity index is 336. The number of nitrogens with zero attached hydrogens (tertiary/aromatic N) is 1. The van der Waals surface area contributed by atoms with Crippen LogP contribution in [0, 0.1) is 5.82 Å². The van der Waals surface area contributed by atoms with Gasteiger partial charge in [-0.05, 0) is 6.42 Å². The van der Waals surface area contributed by atoms with Crippen LogP contribution in [0.3, 0.4) is 0 Å². The number of pyridine rings is 1. The van der Waals surface area contributed by atoms with Crippen molar-refractivity contribution >= 4 is 0 Å². The molecule has 1 rings (SSSR count). The van der Waals surface area contributed by atoms with Crippen LogP contribution in [0.2, 0.25) is 0 Å². The van der Waals surface area contributed by atoms with Crippen molar-refractivity contribution in [3.63, 3.8) is 0 Å². The van der Waals surface area contributed by atoms with E-state index in [0.717, 1.165) is 19.2 Å². The zero-order chi connectivity index (χ0) is 11.5. The molecule has 0 radical (unpaired) electrons. The van der Waals surface area contributed by atoms with Gasteiger partial charge in [-0.2, -0.15) is 0 Å². The molecular formula is C10H12F3NO. The highest BCUT2D eigenvalue weighted by atomic mass is 19.3. The summed E-state index contributed by atoms with van der Waals surface area (Å²) >= 11 is 0. The summed E-state index contributed by atoms with van der Waals surface area (Å²) in [6.07, 6.45) is 1.54. The Morgan fingerprint density at radius 3 is 2.67 bits per heavy atom. The fourth-order valence-corrected chi connectivity index (χ4v) is 1.04. The van der Waals surface area contributed by atoms with Crippen molar-refractivity contribution in [2.75, 3.05) is 6.61 Å². The fraction of sp³-hybridized carbons (Fsp3) is 0.500. The van der Waals surface area contributed by atoms with Crippen molar-refractivity contribution in [3.8, 4) is 5.75 Å². The first-order valence-corrected chi connectivity index (χ1v) is 4.57. The van der Waals surface area contributed by atoms with Crippen LogP contribution in [-0.2, 0) is 6.42 Å². The van der Waals surface area contributed by atoms with Crippen molar-refractivity contribution in [1.29, 1.82) is 0 Å². The average molecular weight is 219 g/mol. The molecule has 0 bridgehead atoms. The van der Waals surface area contributed by atoms with E-state index in [1.807, 2.05) is 0 Å². The Kier molecular flexibility index (Phi) is 3.55. The first kappa shape index (κ1) is 11.8. The van der Waals surface area contributed by atoms with Crippen LogP contribution in [0.4, 0.5) is 13.2 Å². The predicted octanol–water partition coefficient (Wildman–Crippen LogP) is 2.82. The normalized spacial score (nSPS) is 11.5. The van der Waals surface area contributed by atoms with Crippen molar-refractivity contribution in [1.82, 2.24) is 4.98 Å². The number of aryl methyl sites for hydroxylation is 1. The predicted molar refractivity (Wildman–Crippen MR) is 49.7 cm³/mol. The van der Waals surface area contributed by atoms with Crippen LogP contribution >= 0.6 is 0 Å². The Hall–Kier alpha value is -1.26. The van der Waals surface area contributed by atoms with Gasteiger partial charge < -0.3 is 4.74 Å². The molecule has 0 aliphatic rings. The highest BCUT2D eigenvalue weighted by Crippen LogP contribution is 2.20. The molecule has 0 spiro atoms. The van der Waals surface area contributed by atoms with E-state index < -0.39 is 18.3 Å². The smallest absolute Gasteiger partial charge is 0.278 e. The highest BCUT2D eigenvalue weighted by Gasteiger charge is 2.22. The largest absolute Gasteiger partial charge is 0.485 e. The Morgan fingerprint density at radius 1 is 1.47 bits per heavy atom. The molecule has 0 fully saturated rings. The zero-order valence-corrected chi connectivity index (χ0v) is 8.56. The van der Waals surface area contributed by atoms with Gasteiger partial charge in [0, 0.05) is 13.0 Å². The van der Waals surface area contributed by atoms with Gasteiger partial charge in [0.15, 0.2) is 6.61 Å². The molecule has 15 heavy (non-hydrogen) atoms. The quantitative estimate of drug-likeness (QED) is 0.776. The van der Waals surface area contributed by atoms with Crippen LogP contribution < -0.4 is 4.74 Å². The van der Waals surface area contributed by atoms with E-state index in [4.69, 9.17) is 4.74 Å². The summed E-state index contributed by atoms with van der Waals surface area (Å²) in [5, 5.41) is 0. The molecule has 1 aromatic heterocycles. The molecule has 2 nitrogen and oxygen atoms in total. The second kappa shape index (κ2) is 4.51. The molecule has 0 saturated heterocycles. The lowest BCUT2D eigenvalue weighted by Crippen LogP contribution is -2.21. The third kappa shape index (κ3) is 3.77. The van der Waals surface area contributed by atoms with E-state index in [9.17, 15) is 13.2 Å². The van der Waals surface area contributed by atoms with Gasteiger partial charge in [0.05, 0.1) is 11.9 Å². The molecule has 0 N–H and O–H groups in total. The van der Waals surface area contributed by atoms with E-state index >= 15 is 0 Å². The zero-order valence-electron chi connectivity index (χ0n) is 8.56. The second-order valence-electron chi connectivity index (χ2n) is 3.31. The first-order valence-electron chi connectivity index (χ1n) is 4.57. The van der Waals surface area contributed by atoms with Crippen molar-refractivity contribution < 1.29 is 17.9 Å². The second-order valence-corrected chi connectivity index (χ2v) is 3.31. The molecule has 0 aliphatic heterocycles. The van der Waals surface area contributed by atoms with E-state index in [2.05, 4.69) is 4.98 Å². The maximum atomic E-state index is 12.8. The van der Waals surface area contributed by atoms with E-state index in [1.54, 1.807) is 6.92 Å². The number of aromatic nitrogens is 1. The molecule has 0 amide bonds. The third-order valence-electron chi connectivity index (χ3n) is 1.71. The molecule has 1 heterocycles. The minimum absolute atomic E-state index is 0.0824. The highest BCUT2D eigenvalue weighted by molar-refractivity contribution is 5.27. The SMILES string of the molecule is CCc1ncc(F)cc1OCC(C)(F)F. The maximum absolute atomic E-state index is 12.8. The molecule has 0 atom stereocenters. The van der Waals surface area contributed by atoms with Crippen LogP contribution in [0.1, 0.15) is 19.5 Å². The van der Waals surface area contributed by atoms with Crippen molar-refractivity contribution in [2.24, 2.45) is 0 Å². The van der Waals surface area contributed by atoms with Gasteiger partial charge >= 0.3 is 0 Å². The number of alkyl halides is 2. The van der Waals surface area contributed by atoms with Crippen LogP contribution in [0.15, 0.2) is 12.3 Å². The van der Waals surface area contributed by atoms with E-state index in [-0.39, 0.29) is 5.75 Å². The van der Waals surface area contributed by atoms with Gasteiger partial charge in [-0.15, -0.1) is 0 Å². The summed E-state index contributed by atoms with van der Waals surface area (Å²) in [5.74, 6) is -3.45. The number of ether oxygens (including phenoxy) is 1. The molecule has 0 aliphatic carbocycles. The summed E-state index contributed by atoms with van der Waals surface area (Å²) in [5.41, 5.74) is 0.473. The van der Waals surface area contributed by atoms with Gasteiger partial charge in [0.1, 0.15) is 11.6 Å². The minimum Gasteiger partial charge on any atom is -0.485 e. The van der Waals surface area contributed by atoms with Gasteiger partial charge in [-0.1, -0.05) is 6.92 Å². The van der Waals surface area contributed by atoms with Crippen LogP contribution in [0.25, 0.3) is 0 Å². The lowest BCUT2D eigenvalue weighted by atomic mass is 10.2. The summed E-state index contributed by atoms with van der Waals surface area (Å²) in [6.45, 7) is 1.76. The van der Waals surface area contributed by atoms with Gasteiger partial charge in [0.2, 0.25) is 0 Å². The molecular weight excluding hydrogens is 207 g/mol. The lowest BCUT2D eigenvalue weighted by molar-refractivity contribution is -0.0233. The Morgan fingerprint density at radius 2 is 2.13 bits per heavy atom. The Labute approximate surface area is 86.1 Å². The number of halogens is 3. The summed E-state index contributed by atoms with van der Waals surface area (Å²) in [4.78, 5) is 3.75. The molecule has 1 aromatic rings. The third-order valence-corrected chi connectivity index (χ3v) is 1.71. The topological polar surface area (TPSA) is 22.1 Å².